The van der Waals surface area contributed by atoms with Crippen molar-refractivity contribution in [3.63, 3.8) is 0 Å². The number of carbonyl (C=O) groups excluding carboxylic acids is 1. The van der Waals surface area contributed by atoms with Crippen LogP contribution in [0.2, 0.25) is 0 Å². The summed E-state index contributed by atoms with van der Waals surface area (Å²) in [6, 6.07) is 15.0. The lowest BCUT2D eigenvalue weighted by molar-refractivity contribution is -0.123. The van der Waals surface area contributed by atoms with Crippen LogP contribution in [0.1, 0.15) is 36.4 Å². The number of nitrogens with zero attached hydrogens (tertiary/aromatic N) is 1. The number of para-hydroxylation sites is 1. The molecular formula is C22H25FN2O2. The van der Waals surface area contributed by atoms with Crippen LogP contribution in [0.4, 0.5) is 4.39 Å². The van der Waals surface area contributed by atoms with Crippen molar-refractivity contribution in [2.75, 3.05) is 19.7 Å². The number of hydrogen-bond acceptors (Lipinski definition) is 3. The van der Waals surface area contributed by atoms with Crippen molar-refractivity contribution < 1.29 is 13.9 Å². The van der Waals surface area contributed by atoms with Crippen molar-refractivity contribution in [1.82, 2.24) is 10.2 Å². The third-order valence-electron chi connectivity index (χ3n) is 5.50. The van der Waals surface area contributed by atoms with E-state index in [9.17, 15) is 9.18 Å². The average molecular weight is 368 g/mol. The van der Waals surface area contributed by atoms with Gasteiger partial charge in [0.25, 0.3) is 0 Å². The molecule has 0 aromatic heterocycles. The number of rotatable bonds is 5. The first-order valence-corrected chi connectivity index (χ1v) is 9.68. The Kier molecular flexibility index (Phi) is 5.39. The van der Waals surface area contributed by atoms with Crippen molar-refractivity contribution in [3.8, 4) is 5.75 Å². The maximum Gasteiger partial charge on any atom is 0.234 e. The molecule has 2 aromatic carbocycles. The van der Waals surface area contributed by atoms with Gasteiger partial charge in [0.15, 0.2) is 0 Å². The van der Waals surface area contributed by atoms with Crippen LogP contribution in [0.15, 0.2) is 48.5 Å². The van der Waals surface area contributed by atoms with E-state index in [0.717, 1.165) is 49.1 Å². The van der Waals surface area contributed by atoms with Crippen LogP contribution in [0, 0.1) is 5.82 Å². The van der Waals surface area contributed by atoms with E-state index in [0.29, 0.717) is 19.2 Å². The molecule has 0 spiro atoms. The number of benzene rings is 2. The molecular weight excluding hydrogens is 343 g/mol. The lowest BCUT2D eigenvalue weighted by atomic mass is 10.0. The Balaban J connectivity index is 1.36. The van der Waals surface area contributed by atoms with Gasteiger partial charge in [0, 0.05) is 18.0 Å². The largest absolute Gasteiger partial charge is 0.493 e. The van der Waals surface area contributed by atoms with Crippen LogP contribution in [0.5, 0.6) is 5.75 Å². The van der Waals surface area contributed by atoms with Crippen LogP contribution >= 0.6 is 0 Å². The minimum Gasteiger partial charge on any atom is -0.493 e. The Morgan fingerprint density at radius 2 is 2.07 bits per heavy atom. The highest BCUT2D eigenvalue weighted by Crippen LogP contribution is 2.31. The topological polar surface area (TPSA) is 41.6 Å². The molecule has 1 fully saturated rings. The van der Waals surface area contributed by atoms with E-state index in [4.69, 9.17) is 4.74 Å². The van der Waals surface area contributed by atoms with Crippen LogP contribution in [-0.4, -0.2) is 36.5 Å². The summed E-state index contributed by atoms with van der Waals surface area (Å²) in [5, 5.41) is 3.17. The average Bonchev–Trinajstić information content (AvgIpc) is 3.08. The molecule has 0 radical (unpaired) electrons. The van der Waals surface area contributed by atoms with Gasteiger partial charge >= 0.3 is 0 Å². The van der Waals surface area contributed by atoms with Gasteiger partial charge in [-0.2, -0.15) is 0 Å². The molecule has 0 unspecified atom stereocenters. The first kappa shape index (κ1) is 18.0. The Labute approximate surface area is 159 Å². The molecule has 2 aromatic rings. The fourth-order valence-corrected chi connectivity index (χ4v) is 4.19. The van der Waals surface area contributed by atoms with E-state index in [1.54, 1.807) is 12.1 Å². The Morgan fingerprint density at radius 3 is 2.96 bits per heavy atom. The second-order valence-electron chi connectivity index (χ2n) is 7.40. The Bertz CT molecular complexity index is 810. The number of likely N-dealkylation sites (tertiary alicyclic amines) is 1. The number of amides is 1. The molecule has 2 heterocycles. The molecule has 4 nitrogen and oxygen atoms in total. The van der Waals surface area contributed by atoms with Crippen LogP contribution in [0.25, 0.3) is 0 Å². The van der Waals surface area contributed by atoms with Crippen molar-refractivity contribution in [1.29, 1.82) is 0 Å². The van der Waals surface area contributed by atoms with Crippen LogP contribution in [-0.2, 0) is 11.2 Å². The zero-order valence-corrected chi connectivity index (χ0v) is 15.4. The molecule has 0 saturated carbocycles. The van der Waals surface area contributed by atoms with E-state index >= 15 is 0 Å². The van der Waals surface area contributed by atoms with Crippen LogP contribution in [0.3, 0.4) is 0 Å². The highest BCUT2D eigenvalue weighted by molar-refractivity contribution is 5.78. The summed E-state index contributed by atoms with van der Waals surface area (Å²) < 4.78 is 19.1. The SMILES string of the molecule is O=C(CN1CCC[C@@H]1Cc1cccc(F)c1)N[C@H]1CCOc2ccccc21. The first-order valence-electron chi connectivity index (χ1n) is 9.68. The van der Waals surface area contributed by atoms with E-state index in [1.165, 1.54) is 6.07 Å². The van der Waals surface area contributed by atoms with Crippen molar-refractivity contribution in [2.45, 2.75) is 37.8 Å². The second kappa shape index (κ2) is 8.09. The molecule has 1 amide bonds. The fourth-order valence-electron chi connectivity index (χ4n) is 4.19. The molecule has 0 bridgehead atoms. The smallest absolute Gasteiger partial charge is 0.234 e. The van der Waals surface area contributed by atoms with E-state index in [1.807, 2.05) is 30.3 Å². The summed E-state index contributed by atoms with van der Waals surface area (Å²) >= 11 is 0. The highest BCUT2D eigenvalue weighted by Gasteiger charge is 2.28. The number of nitrogens with one attached hydrogen (secondary N) is 1. The quantitative estimate of drug-likeness (QED) is 0.879. The van der Waals surface area contributed by atoms with Crippen LogP contribution < -0.4 is 10.1 Å². The molecule has 0 aliphatic carbocycles. The van der Waals surface area contributed by atoms with Gasteiger partial charge in [0.2, 0.25) is 5.91 Å². The zero-order chi connectivity index (χ0) is 18.6. The van der Waals surface area contributed by atoms with E-state index in [-0.39, 0.29) is 17.8 Å². The van der Waals surface area contributed by atoms with Gasteiger partial charge in [-0.15, -0.1) is 0 Å². The van der Waals surface area contributed by atoms with Crippen molar-refractivity contribution in [2.24, 2.45) is 0 Å². The second-order valence-corrected chi connectivity index (χ2v) is 7.40. The summed E-state index contributed by atoms with van der Waals surface area (Å²) in [6.45, 7) is 1.92. The molecule has 4 rings (SSSR count). The fraction of sp³-hybridized carbons (Fsp3) is 0.409. The molecule has 2 atom stereocenters. The Morgan fingerprint density at radius 1 is 1.19 bits per heavy atom. The molecule has 5 heteroatoms. The molecule has 27 heavy (non-hydrogen) atoms. The summed E-state index contributed by atoms with van der Waals surface area (Å²) in [5.41, 5.74) is 2.04. The molecule has 2 aliphatic rings. The number of fused-ring (bicyclic) bond motifs is 1. The maximum absolute atomic E-state index is 13.4. The van der Waals surface area contributed by atoms with E-state index < -0.39 is 0 Å². The zero-order valence-electron chi connectivity index (χ0n) is 15.4. The Hall–Kier alpha value is -2.40. The number of halogens is 1. The third kappa shape index (κ3) is 4.30. The normalized spacial score (nSPS) is 22.1. The van der Waals surface area contributed by atoms with Crippen molar-refractivity contribution in [3.05, 3.63) is 65.5 Å². The number of ether oxygens (including phenoxy) is 1. The number of carbonyl (C=O) groups is 1. The molecule has 142 valence electrons. The lowest BCUT2D eigenvalue weighted by Crippen LogP contribution is -2.42. The van der Waals surface area contributed by atoms with Gasteiger partial charge in [-0.25, -0.2) is 4.39 Å². The van der Waals surface area contributed by atoms with Gasteiger partial charge in [0.1, 0.15) is 11.6 Å². The molecule has 1 saturated heterocycles. The summed E-state index contributed by atoms with van der Waals surface area (Å²) in [6.07, 6.45) is 3.69. The lowest BCUT2D eigenvalue weighted by Gasteiger charge is -2.29. The summed E-state index contributed by atoms with van der Waals surface area (Å²) in [4.78, 5) is 14.9. The third-order valence-corrected chi connectivity index (χ3v) is 5.50. The number of hydrogen-bond donors (Lipinski definition) is 1. The molecule has 1 N–H and O–H groups in total. The predicted molar refractivity (Wildman–Crippen MR) is 102 cm³/mol. The minimum atomic E-state index is -0.201. The summed E-state index contributed by atoms with van der Waals surface area (Å²) in [7, 11) is 0. The van der Waals surface area contributed by atoms with Crippen molar-refractivity contribution >= 4 is 5.91 Å². The van der Waals surface area contributed by atoms with Gasteiger partial charge in [-0.05, 0) is 49.6 Å². The van der Waals surface area contributed by atoms with Gasteiger partial charge in [-0.3, -0.25) is 9.69 Å². The first-order chi connectivity index (χ1) is 13.2. The molecule has 2 aliphatic heterocycles. The highest BCUT2D eigenvalue weighted by atomic mass is 19.1. The van der Waals surface area contributed by atoms with E-state index in [2.05, 4.69) is 10.2 Å². The monoisotopic (exact) mass is 368 g/mol. The predicted octanol–water partition coefficient (Wildman–Crippen LogP) is 3.47. The van der Waals surface area contributed by atoms with Gasteiger partial charge in [-0.1, -0.05) is 30.3 Å². The maximum atomic E-state index is 13.4. The summed E-state index contributed by atoms with van der Waals surface area (Å²) in [5.74, 6) is 0.704. The van der Waals surface area contributed by atoms with Gasteiger partial charge in [0.05, 0.1) is 19.2 Å². The van der Waals surface area contributed by atoms with Gasteiger partial charge < -0.3 is 10.1 Å². The standard InChI is InChI=1S/C22H25FN2O2/c23-17-6-3-5-16(13-17)14-18-7-4-11-25(18)15-22(26)24-20-10-12-27-21-9-2-1-8-19(20)21/h1-3,5-6,8-9,13,18,20H,4,7,10-12,14-15H2,(H,24,26)/t18-,20+/m1/s1. The minimum absolute atomic E-state index is 0.00622.